The van der Waals surface area contributed by atoms with Crippen LogP contribution in [0.4, 0.5) is 0 Å². The first-order valence-corrected chi connectivity index (χ1v) is 6.64. The Morgan fingerprint density at radius 2 is 2.25 bits per heavy atom. The van der Waals surface area contributed by atoms with Gasteiger partial charge in [0.1, 0.15) is 0 Å². The van der Waals surface area contributed by atoms with Gasteiger partial charge < -0.3 is 14.0 Å². The first kappa shape index (κ1) is 11.2. The second-order valence-electron chi connectivity index (χ2n) is 4.30. The summed E-state index contributed by atoms with van der Waals surface area (Å²) >= 11 is 5.82. The molecule has 2 aromatic rings. The molecule has 7 nitrogen and oxygen atoms in total. The van der Waals surface area contributed by atoms with Gasteiger partial charge in [0, 0.05) is 28.9 Å². The zero-order valence-electron chi connectivity index (χ0n) is 13.0. The third-order valence-electron chi connectivity index (χ3n) is 3.08. The van der Waals surface area contributed by atoms with Crippen LogP contribution in [0.2, 0.25) is 5.28 Å². The fourth-order valence-corrected chi connectivity index (χ4v) is 2.24. The lowest BCUT2D eigenvalue weighted by molar-refractivity contribution is 0.0365. The fraction of sp³-hybridized carbons (Fsp3) is 0.583. The predicted molar refractivity (Wildman–Crippen MR) is 74.1 cm³/mol. The SMILES string of the molecule is [2H]C([2H])(Cn1cnc2nc(Cl)nc(OC)c21)N1CCOCC1. The van der Waals surface area contributed by atoms with Crippen molar-refractivity contribution in [1.29, 1.82) is 0 Å². The van der Waals surface area contributed by atoms with Gasteiger partial charge in [-0.05, 0) is 11.6 Å². The third kappa shape index (κ3) is 2.70. The van der Waals surface area contributed by atoms with Gasteiger partial charge in [-0.25, -0.2) is 4.98 Å². The first-order chi connectivity index (χ1) is 10.5. The highest BCUT2D eigenvalue weighted by Gasteiger charge is 2.15. The number of rotatable bonds is 4. The van der Waals surface area contributed by atoms with Crippen LogP contribution in [0.5, 0.6) is 5.88 Å². The van der Waals surface area contributed by atoms with Crippen molar-refractivity contribution in [2.24, 2.45) is 0 Å². The van der Waals surface area contributed by atoms with E-state index in [2.05, 4.69) is 15.0 Å². The van der Waals surface area contributed by atoms with Gasteiger partial charge in [-0.15, -0.1) is 0 Å². The zero-order valence-corrected chi connectivity index (χ0v) is 11.8. The highest BCUT2D eigenvalue weighted by atomic mass is 35.5. The van der Waals surface area contributed by atoms with Crippen molar-refractivity contribution in [3.05, 3.63) is 11.6 Å². The summed E-state index contributed by atoms with van der Waals surface area (Å²) < 4.78 is 28.8. The number of nitrogens with zero attached hydrogens (tertiary/aromatic N) is 5. The Balaban J connectivity index is 1.93. The Morgan fingerprint density at radius 3 is 3.00 bits per heavy atom. The predicted octanol–water partition coefficient (Wildman–Crippen LogP) is 0.820. The van der Waals surface area contributed by atoms with Crippen LogP contribution in [0.1, 0.15) is 2.74 Å². The average Bonchev–Trinajstić information content (AvgIpc) is 2.89. The molecule has 20 heavy (non-hydrogen) atoms. The highest BCUT2D eigenvalue weighted by molar-refractivity contribution is 6.28. The van der Waals surface area contributed by atoms with Crippen molar-refractivity contribution in [3.63, 3.8) is 0 Å². The summed E-state index contributed by atoms with van der Waals surface area (Å²) in [4.78, 5) is 14.0. The van der Waals surface area contributed by atoms with Crippen molar-refractivity contribution in [1.82, 2.24) is 24.4 Å². The molecule has 1 aliphatic heterocycles. The fourth-order valence-electron chi connectivity index (χ4n) is 2.08. The Kier molecular flexibility index (Phi) is 3.32. The van der Waals surface area contributed by atoms with E-state index in [1.807, 2.05) is 0 Å². The quantitative estimate of drug-likeness (QED) is 0.779. The minimum Gasteiger partial charge on any atom is -0.479 e. The number of aromatic nitrogens is 4. The molecule has 0 bridgehead atoms. The molecule has 0 aliphatic carbocycles. The van der Waals surface area contributed by atoms with Crippen molar-refractivity contribution >= 4 is 22.8 Å². The molecule has 3 heterocycles. The smallest absolute Gasteiger partial charge is 0.244 e. The normalized spacial score (nSPS) is 18.9. The van der Waals surface area contributed by atoms with Crippen LogP contribution >= 0.6 is 11.6 Å². The molecule has 0 N–H and O–H groups in total. The van der Waals surface area contributed by atoms with E-state index < -0.39 is 6.50 Å². The van der Waals surface area contributed by atoms with Crippen LogP contribution in [0.25, 0.3) is 11.2 Å². The van der Waals surface area contributed by atoms with Gasteiger partial charge in [-0.1, -0.05) is 0 Å². The molecular weight excluding hydrogens is 282 g/mol. The van der Waals surface area contributed by atoms with E-state index in [1.54, 1.807) is 9.47 Å². The van der Waals surface area contributed by atoms with E-state index in [4.69, 9.17) is 23.8 Å². The molecule has 0 spiro atoms. The number of morpholine rings is 1. The average molecular weight is 300 g/mol. The molecule has 1 fully saturated rings. The number of fused-ring (bicyclic) bond motifs is 1. The van der Waals surface area contributed by atoms with Crippen LogP contribution < -0.4 is 4.74 Å². The molecule has 1 saturated heterocycles. The van der Waals surface area contributed by atoms with Gasteiger partial charge in [0.05, 0.1) is 26.7 Å². The van der Waals surface area contributed by atoms with E-state index >= 15 is 0 Å². The number of methoxy groups -OCH3 is 1. The molecule has 3 rings (SSSR count). The van der Waals surface area contributed by atoms with Crippen LogP contribution in [0.3, 0.4) is 0 Å². The van der Waals surface area contributed by atoms with Gasteiger partial charge in [-0.3, -0.25) is 4.90 Å². The van der Waals surface area contributed by atoms with E-state index in [0.29, 0.717) is 37.5 Å². The number of aryl methyl sites for hydroxylation is 1. The first-order valence-electron chi connectivity index (χ1n) is 7.26. The highest BCUT2D eigenvalue weighted by Crippen LogP contribution is 2.23. The van der Waals surface area contributed by atoms with Crippen molar-refractivity contribution < 1.29 is 12.2 Å². The maximum Gasteiger partial charge on any atom is 0.244 e. The minimum atomic E-state index is -1.54. The Morgan fingerprint density at radius 1 is 1.45 bits per heavy atom. The van der Waals surface area contributed by atoms with E-state index in [9.17, 15) is 0 Å². The monoisotopic (exact) mass is 299 g/mol. The largest absolute Gasteiger partial charge is 0.479 e. The van der Waals surface area contributed by atoms with Gasteiger partial charge in [0.2, 0.25) is 11.2 Å². The van der Waals surface area contributed by atoms with Crippen LogP contribution in [0, 0.1) is 0 Å². The number of hydrogen-bond donors (Lipinski definition) is 0. The summed E-state index contributed by atoms with van der Waals surface area (Å²) in [7, 11) is 1.48. The van der Waals surface area contributed by atoms with Crippen LogP contribution in [-0.2, 0) is 11.3 Å². The molecule has 108 valence electrons. The van der Waals surface area contributed by atoms with Gasteiger partial charge in [-0.2, -0.15) is 9.97 Å². The topological polar surface area (TPSA) is 65.3 Å². The van der Waals surface area contributed by atoms with E-state index in [0.717, 1.165) is 0 Å². The summed E-state index contributed by atoms with van der Waals surface area (Å²) in [6.07, 6.45) is 1.52. The summed E-state index contributed by atoms with van der Waals surface area (Å²) in [6, 6.07) is 0. The maximum atomic E-state index is 8.32. The van der Waals surface area contributed by atoms with Crippen LogP contribution in [0.15, 0.2) is 6.33 Å². The molecular formula is C12H16ClN5O2. The molecule has 2 aromatic heterocycles. The number of hydrogen-bond acceptors (Lipinski definition) is 6. The van der Waals surface area contributed by atoms with Gasteiger partial charge in [0.15, 0.2) is 11.2 Å². The van der Waals surface area contributed by atoms with Crippen molar-refractivity contribution in [2.75, 3.05) is 39.9 Å². The minimum absolute atomic E-state index is 0.0470. The standard InChI is InChI=1S/C12H16ClN5O2/c1-19-11-9-10(15-12(13)16-11)14-8-18(9)3-2-17-4-6-20-7-5-17/h8H,2-7H2,1H3/i2D2. The molecule has 0 atom stereocenters. The van der Waals surface area contributed by atoms with E-state index in [-0.39, 0.29) is 17.7 Å². The third-order valence-corrected chi connectivity index (χ3v) is 3.25. The lowest BCUT2D eigenvalue weighted by Gasteiger charge is -2.26. The number of imidazole rings is 1. The molecule has 0 amide bonds. The molecule has 8 heteroatoms. The maximum absolute atomic E-state index is 8.32. The summed E-state index contributed by atoms with van der Waals surface area (Å²) in [5.74, 6) is 0.283. The summed E-state index contributed by atoms with van der Waals surface area (Å²) in [5.41, 5.74) is 0.915. The van der Waals surface area contributed by atoms with Crippen LogP contribution in [-0.4, -0.2) is 64.3 Å². The van der Waals surface area contributed by atoms with E-state index in [1.165, 1.54) is 13.4 Å². The lowest BCUT2D eigenvalue weighted by atomic mass is 10.4. The molecule has 0 aromatic carbocycles. The Bertz CT molecular complexity index is 675. The summed E-state index contributed by atoms with van der Waals surface area (Å²) in [5, 5.41) is 0.0470. The second-order valence-corrected chi connectivity index (χ2v) is 4.64. The van der Waals surface area contributed by atoms with Crippen molar-refractivity contribution in [2.45, 2.75) is 6.54 Å². The molecule has 0 saturated carbocycles. The van der Waals surface area contributed by atoms with Crippen molar-refractivity contribution in [3.8, 4) is 5.88 Å². The molecule has 0 radical (unpaired) electrons. The lowest BCUT2D eigenvalue weighted by Crippen LogP contribution is -2.38. The number of ether oxygens (including phenoxy) is 2. The van der Waals surface area contributed by atoms with Gasteiger partial charge >= 0.3 is 0 Å². The Labute approximate surface area is 124 Å². The molecule has 1 aliphatic rings. The van der Waals surface area contributed by atoms with Gasteiger partial charge in [0.25, 0.3) is 0 Å². The Hall–Kier alpha value is -1.44. The summed E-state index contributed by atoms with van der Waals surface area (Å²) in [6.45, 7) is 0.726. The number of halogens is 1. The zero-order chi connectivity index (χ0) is 15.7. The second kappa shape index (κ2) is 5.90. The molecule has 0 unspecified atom stereocenters.